The molecule has 0 bridgehead atoms. The Balaban J connectivity index is 2.19. The third kappa shape index (κ3) is 1.74. The first-order chi connectivity index (χ1) is 8.56. The second-order valence-corrected chi connectivity index (χ2v) is 5.15. The van der Waals surface area contributed by atoms with Crippen LogP contribution in [0.1, 0.15) is 17.8 Å². The molecule has 0 aliphatic carbocycles. The summed E-state index contributed by atoms with van der Waals surface area (Å²) < 4.78 is 1.78. The highest BCUT2D eigenvalue weighted by molar-refractivity contribution is 6.29. The molecule has 0 radical (unpaired) electrons. The minimum atomic E-state index is -0.269. The highest BCUT2D eigenvalue weighted by atomic mass is 35.5. The first kappa shape index (κ1) is 11.7. The normalized spacial score (nSPS) is 20.0. The van der Waals surface area contributed by atoms with Gasteiger partial charge in [-0.15, -0.1) is 0 Å². The van der Waals surface area contributed by atoms with E-state index in [1.54, 1.807) is 4.52 Å². The second-order valence-electron chi connectivity index (χ2n) is 4.76. The smallest absolute Gasteiger partial charge is 0.177 e. The monoisotopic (exact) mass is 266 g/mol. The highest BCUT2D eigenvalue weighted by Gasteiger charge is 2.24. The number of hydrogen-bond acceptors (Lipinski definition) is 4. The van der Waals surface area contributed by atoms with Gasteiger partial charge in [0.15, 0.2) is 10.8 Å². The largest absolute Gasteiger partial charge is 0.391 e. The van der Waals surface area contributed by atoms with E-state index in [1.807, 2.05) is 19.9 Å². The van der Waals surface area contributed by atoms with E-state index in [4.69, 9.17) is 11.6 Å². The van der Waals surface area contributed by atoms with Crippen LogP contribution in [0.5, 0.6) is 0 Å². The summed E-state index contributed by atoms with van der Waals surface area (Å²) in [5.41, 5.74) is 3.70. The summed E-state index contributed by atoms with van der Waals surface area (Å²) in [7, 11) is 0. The molecule has 96 valence electrons. The molecule has 3 rings (SSSR count). The van der Waals surface area contributed by atoms with Gasteiger partial charge in [0.1, 0.15) is 0 Å². The van der Waals surface area contributed by atoms with Gasteiger partial charge in [-0.05, 0) is 20.3 Å². The number of aliphatic hydroxyl groups excluding tert-OH is 1. The average molecular weight is 267 g/mol. The first-order valence-electron chi connectivity index (χ1n) is 6.02. The van der Waals surface area contributed by atoms with Gasteiger partial charge in [0.05, 0.1) is 23.2 Å². The molecule has 18 heavy (non-hydrogen) atoms. The number of nitrogens with zero attached hydrogens (tertiary/aromatic N) is 4. The molecule has 1 fully saturated rings. The van der Waals surface area contributed by atoms with Crippen molar-refractivity contribution in [1.29, 1.82) is 0 Å². The Kier molecular flexibility index (Phi) is 2.68. The van der Waals surface area contributed by atoms with Gasteiger partial charge in [-0.25, -0.2) is 9.50 Å². The average Bonchev–Trinajstić information content (AvgIpc) is 2.86. The topological polar surface area (TPSA) is 53.7 Å². The number of anilines is 1. The lowest BCUT2D eigenvalue weighted by Crippen LogP contribution is -2.22. The minimum Gasteiger partial charge on any atom is -0.391 e. The molecule has 1 N–H and O–H groups in total. The molecule has 0 saturated carbocycles. The summed E-state index contributed by atoms with van der Waals surface area (Å²) in [4.78, 5) is 6.65. The number of aryl methyl sites for hydroxylation is 2. The van der Waals surface area contributed by atoms with E-state index in [0.29, 0.717) is 11.7 Å². The van der Waals surface area contributed by atoms with Gasteiger partial charge >= 0.3 is 0 Å². The molecule has 0 spiro atoms. The lowest BCUT2D eigenvalue weighted by Gasteiger charge is -2.18. The van der Waals surface area contributed by atoms with E-state index < -0.39 is 0 Å². The predicted molar refractivity (Wildman–Crippen MR) is 70.3 cm³/mol. The van der Waals surface area contributed by atoms with Crippen LogP contribution in [0.2, 0.25) is 5.15 Å². The summed E-state index contributed by atoms with van der Waals surface area (Å²) in [5, 5.41) is 14.4. The molecule has 1 saturated heterocycles. The maximum Gasteiger partial charge on any atom is 0.177 e. The Bertz CT molecular complexity index is 610. The van der Waals surface area contributed by atoms with Gasteiger partial charge in [-0.1, -0.05) is 11.6 Å². The summed E-state index contributed by atoms with van der Waals surface area (Å²) >= 11 is 6.07. The maximum absolute atomic E-state index is 9.64. The van der Waals surface area contributed by atoms with Crippen molar-refractivity contribution in [3.63, 3.8) is 0 Å². The maximum atomic E-state index is 9.64. The predicted octanol–water partition coefficient (Wildman–Crippen LogP) is 1.57. The summed E-state index contributed by atoms with van der Waals surface area (Å²) in [5.74, 6) is 0. The Labute approximate surface area is 110 Å². The Morgan fingerprint density at radius 2 is 2.22 bits per heavy atom. The van der Waals surface area contributed by atoms with E-state index >= 15 is 0 Å². The first-order valence-corrected chi connectivity index (χ1v) is 6.39. The fourth-order valence-electron chi connectivity index (χ4n) is 2.38. The number of aliphatic hydroxyl groups is 1. The summed E-state index contributed by atoms with van der Waals surface area (Å²) in [6.45, 7) is 5.38. The van der Waals surface area contributed by atoms with Gasteiger partial charge in [0.25, 0.3) is 0 Å². The number of aromatic nitrogens is 3. The Morgan fingerprint density at radius 3 is 2.89 bits per heavy atom. The molecule has 5 nitrogen and oxygen atoms in total. The van der Waals surface area contributed by atoms with Crippen LogP contribution in [-0.4, -0.2) is 38.9 Å². The summed E-state index contributed by atoms with van der Waals surface area (Å²) in [6, 6.07) is 1.82. The number of halogens is 1. The third-order valence-corrected chi connectivity index (χ3v) is 3.68. The van der Waals surface area contributed by atoms with Gasteiger partial charge in [-0.2, -0.15) is 5.10 Å². The number of β-amino-alcohol motifs (C(OH)–C–C–N with tert-alkyl or cyclic N) is 1. The standard InChI is InChI=1S/C12H15ClN4O/c1-7-8(2)17-12(14-7)10(5-11(13)15-17)16-4-3-9(18)6-16/h5,9,18H,3-4,6H2,1-2H3. The molecule has 3 heterocycles. The quantitative estimate of drug-likeness (QED) is 0.851. The zero-order valence-corrected chi connectivity index (χ0v) is 11.1. The van der Waals surface area contributed by atoms with Crippen molar-refractivity contribution in [1.82, 2.24) is 14.6 Å². The molecule has 2 aromatic heterocycles. The Morgan fingerprint density at radius 1 is 1.44 bits per heavy atom. The van der Waals surface area contributed by atoms with E-state index in [0.717, 1.165) is 35.7 Å². The van der Waals surface area contributed by atoms with Crippen LogP contribution in [-0.2, 0) is 0 Å². The highest BCUT2D eigenvalue weighted by Crippen LogP contribution is 2.28. The van der Waals surface area contributed by atoms with Crippen LogP contribution in [0.3, 0.4) is 0 Å². The fourth-order valence-corrected chi connectivity index (χ4v) is 2.56. The number of rotatable bonds is 1. The zero-order chi connectivity index (χ0) is 12.9. The van der Waals surface area contributed by atoms with Gasteiger partial charge in [0.2, 0.25) is 0 Å². The van der Waals surface area contributed by atoms with E-state index in [-0.39, 0.29) is 6.10 Å². The minimum absolute atomic E-state index is 0.269. The number of hydrogen-bond donors (Lipinski definition) is 1. The van der Waals surface area contributed by atoms with Gasteiger partial charge in [-0.3, -0.25) is 0 Å². The lowest BCUT2D eigenvalue weighted by molar-refractivity contribution is 0.198. The van der Waals surface area contributed by atoms with E-state index in [2.05, 4.69) is 15.0 Å². The van der Waals surface area contributed by atoms with Crippen LogP contribution in [0, 0.1) is 13.8 Å². The van der Waals surface area contributed by atoms with Crippen molar-refractivity contribution in [2.45, 2.75) is 26.4 Å². The molecule has 0 aromatic carbocycles. The van der Waals surface area contributed by atoms with Crippen molar-refractivity contribution in [2.24, 2.45) is 0 Å². The molecular weight excluding hydrogens is 252 g/mol. The Hall–Kier alpha value is -1.33. The molecular formula is C12H15ClN4O. The van der Waals surface area contributed by atoms with E-state index in [1.165, 1.54) is 0 Å². The van der Waals surface area contributed by atoms with Crippen LogP contribution in [0.25, 0.3) is 5.65 Å². The van der Waals surface area contributed by atoms with Gasteiger partial charge in [0, 0.05) is 19.2 Å². The van der Waals surface area contributed by atoms with Crippen LogP contribution >= 0.6 is 11.6 Å². The number of fused-ring (bicyclic) bond motifs is 1. The van der Waals surface area contributed by atoms with Crippen LogP contribution in [0.4, 0.5) is 5.69 Å². The van der Waals surface area contributed by atoms with Crippen molar-refractivity contribution in [3.05, 3.63) is 22.6 Å². The molecule has 2 aromatic rings. The van der Waals surface area contributed by atoms with Gasteiger partial charge < -0.3 is 10.0 Å². The zero-order valence-electron chi connectivity index (χ0n) is 10.4. The number of imidazole rings is 1. The molecule has 1 unspecified atom stereocenters. The molecule has 1 atom stereocenters. The third-order valence-electron chi connectivity index (χ3n) is 3.50. The fraction of sp³-hybridized carbons (Fsp3) is 0.500. The van der Waals surface area contributed by atoms with Crippen molar-refractivity contribution in [3.8, 4) is 0 Å². The summed E-state index contributed by atoms with van der Waals surface area (Å²) in [6.07, 6.45) is 0.513. The van der Waals surface area contributed by atoms with Crippen molar-refractivity contribution < 1.29 is 5.11 Å². The lowest BCUT2D eigenvalue weighted by atomic mass is 10.3. The van der Waals surface area contributed by atoms with Crippen molar-refractivity contribution >= 4 is 22.9 Å². The molecule has 1 aliphatic heterocycles. The van der Waals surface area contributed by atoms with Crippen LogP contribution in [0.15, 0.2) is 6.07 Å². The van der Waals surface area contributed by atoms with E-state index in [9.17, 15) is 5.11 Å². The van der Waals surface area contributed by atoms with Crippen LogP contribution < -0.4 is 4.90 Å². The SMILES string of the molecule is Cc1nc2c(N3CCC(O)C3)cc(Cl)nn2c1C. The molecule has 0 amide bonds. The second kappa shape index (κ2) is 4.10. The molecule has 1 aliphatic rings. The molecule has 6 heteroatoms. The van der Waals surface area contributed by atoms with Crippen molar-refractivity contribution in [2.75, 3.05) is 18.0 Å².